The number of cyclic esters (lactones) is 1. The minimum absolute atomic E-state index is 0.00547. The summed E-state index contributed by atoms with van der Waals surface area (Å²) in [5.74, 6) is -4.38. The number of piperidine rings is 1. The average molecular weight is 1030 g/mol. The van der Waals surface area contributed by atoms with Crippen molar-refractivity contribution in [3.05, 3.63) is 47.6 Å². The molecule has 2 saturated heterocycles. The second-order valence-corrected chi connectivity index (χ2v) is 21.5. The van der Waals surface area contributed by atoms with E-state index in [1.54, 1.807) is 34.0 Å². The van der Waals surface area contributed by atoms with E-state index in [0.717, 1.165) is 12.0 Å². The van der Waals surface area contributed by atoms with Gasteiger partial charge in [-0.3, -0.25) is 19.2 Å². The summed E-state index contributed by atoms with van der Waals surface area (Å²) in [6, 6.07) is -1.06. The number of nitrogens with zero attached hydrogens (tertiary/aromatic N) is 1. The van der Waals surface area contributed by atoms with Gasteiger partial charge in [-0.1, -0.05) is 71.1 Å². The molecule has 3 N–H and O–H groups in total. The summed E-state index contributed by atoms with van der Waals surface area (Å²) >= 11 is 0. The van der Waals surface area contributed by atoms with Crippen LogP contribution in [0.3, 0.4) is 0 Å². The summed E-state index contributed by atoms with van der Waals surface area (Å²) in [6.07, 6.45) is 12.9. The number of carbonyl (C=O) groups is 5. The largest absolute Gasteiger partial charge is 0.460 e. The Morgan fingerprint density at radius 3 is 2.25 bits per heavy atom. The third-order valence-corrected chi connectivity index (χ3v) is 15.8. The standard InChI is InChI=1S/C57H91NO15/c1-36-16-12-11-13-17-37(2)48(71-29-28-69-26-24-59)34-44-21-19-42(7)57(8,73-44)54(64)55(65)58-23-15-14-18-45(58)56(66)72-49(39(4)32-43-20-22-47(70-27-25-60)50(33-43)67-9)35-46(61)38(3)31-41(6)52(63)53(68-10)51(62)40(5)30-36/h11-13,16-17,31,36,38-40,42-45,47-50,52-53,59-60,63H,14-15,18-30,32-35H2,1-10H3/b13-11+,16-12+,37-17+,41-31+/t36-,38-,39-,40-,42-,43+,44+,45+,47-,48?,49+,50-,52-,53+,57-/m1/s1. The molecule has 0 aromatic heterocycles. The predicted molar refractivity (Wildman–Crippen MR) is 276 cm³/mol. The summed E-state index contributed by atoms with van der Waals surface area (Å²) in [5, 5.41) is 30.1. The van der Waals surface area contributed by atoms with E-state index in [1.165, 1.54) is 12.0 Å². The first kappa shape index (κ1) is 62.1. The Morgan fingerprint density at radius 1 is 0.808 bits per heavy atom. The second-order valence-electron chi connectivity index (χ2n) is 21.5. The number of amides is 1. The molecular weight excluding hydrogens is 939 g/mol. The zero-order chi connectivity index (χ0) is 53.8. The summed E-state index contributed by atoms with van der Waals surface area (Å²) in [6.45, 7) is 15.6. The van der Waals surface area contributed by atoms with Crippen molar-refractivity contribution in [1.82, 2.24) is 4.90 Å². The van der Waals surface area contributed by atoms with Crippen molar-refractivity contribution in [2.45, 2.75) is 187 Å². The van der Waals surface area contributed by atoms with Gasteiger partial charge >= 0.3 is 5.97 Å². The van der Waals surface area contributed by atoms with E-state index in [2.05, 4.69) is 0 Å². The number of Topliss-reactive ketones (excluding diaryl/α,β-unsaturated/α-hetero) is 3. The molecule has 1 aliphatic carbocycles. The molecule has 4 aliphatic rings. The maximum Gasteiger partial charge on any atom is 0.329 e. The molecule has 3 aliphatic heterocycles. The second kappa shape index (κ2) is 30.9. The van der Waals surface area contributed by atoms with Gasteiger partial charge in [0, 0.05) is 45.4 Å². The Bertz CT molecular complexity index is 1900. The number of fused-ring (bicyclic) bond motifs is 3. The Kier molecular flexibility index (Phi) is 26.3. The lowest BCUT2D eigenvalue weighted by molar-refractivity contribution is -0.185. The van der Waals surface area contributed by atoms with E-state index < -0.39 is 71.7 Å². The molecule has 3 heterocycles. The SMILES string of the molecule is CO[C@@H]1C[C@H](C[C@@H](C)[C@@H]2CC(=O)[C@H](C)/C=C(\C)[C@@H](O)[C@@H](OC)C(=O)[C@H](C)C[C@H](C)/C=C/C=C/C=C(\C)C(OCCOCCO)C[C@@H]3CC[C@@H](C)[C@@](C)(O3)C(=O)C(=O)N3CCCC[C@H]3C(=O)O2)CC[C@H]1OCCO. The van der Waals surface area contributed by atoms with Crippen LogP contribution in [0.1, 0.15) is 132 Å². The number of aliphatic hydroxyl groups excluding tert-OH is 3. The average Bonchev–Trinajstić information content (AvgIpc) is 3.37. The van der Waals surface area contributed by atoms with Crippen LogP contribution in [0.5, 0.6) is 0 Å². The quantitative estimate of drug-likeness (QED) is 0.0720. The summed E-state index contributed by atoms with van der Waals surface area (Å²) in [7, 11) is 3.02. The summed E-state index contributed by atoms with van der Waals surface area (Å²) in [4.78, 5) is 73.3. The number of rotatable bonds is 14. The number of hydrogen-bond donors (Lipinski definition) is 3. The molecule has 15 atom stereocenters. The minimum Gasteiger partial charge on any atom is -0.460 e. The van der Waals surface area contributed by atoms with Gasteiger partial charge in [0.25, 0.3) is 11.7 Å². The highest BCUT2D eigenvalue weighted by molar-refractivity contribution is 6.39. The molecular formula is C57H91NO15. The maximum absolute atomic E-state index is 14.7. The number of carbonyl (C=O) groups excluding carboxylic acids is 5. The molecule has 2 bridgehead atoms. The van der Waals surface area contributed by atoms with Gasteiger partial charge in [-0.15, -0.1) is 0 Å². The number of ketones is 3. The molecule has 16 nitrogen and oxygen atoms in total. The van der Waals surface area contributed by atoms with Crippen molar-refractivity contribution in [3.8, 4) is 0 Å². The molecule has 414 valence electrons. The third kappa shape index (κ3) is 18.1. The van der Waals surface area contributed by atoms with Gasteiger partial charge in [0.2, 0.25) is 0 Å². The van der Waals surface area contributed by atoms with Crippen molar-refractivity contribution in [3.63, 3.8) is 0 Å². The number of esters is 1. The van der Waals surface area contributed by atoms with Crippen LogP contribution < -0.4 is 0 Å². The van der Waals surface area contributed by atoms with Crippen LogP contribution in [0.25, 0.3) is 0 Å². The van der Waals surface area contributed by atoms with Gasteiger partial charge < -0.3 is 53.4 Å². The fraction of sp³-hybridized carbons (Fsp3) is 0.772. The van der Waals surface area contributed by atoms with Gasteiger partial charge in [0.05, 0.1) is 64.1 Å². The molecule has 1 unspecified atom stereocenters. The van der Waals surface area contributed by atoms with Crippen LogP contribution >= 0.6 is 0 Å². The topological polar surface area (TPSA) is 214 Å². The monoisotopic (exact) mass is 1030 g/mol. The molecule has 1 amide bonds. The highest BCUT2D eigenvalue weighted by Gasteiger charge is 2.51. The predicted octanol–water partition coefficient (Wildman–Crippen LogP) is 6.65. The number of allylic oxidation sites excluding steroid dienone is 6. The molecule has 3 fully saturated rings. The van der Waals surface area contributed by atoms with E-state index in [1.807, 2.05) is 65.0 Å². The number of hydrogen-bond acceptors (Lipinski definition) is 15. The smallest absolute Gasteiger partial charge is 0.329 e. The van der Waals surface area contributed by atoms with Crippen LogP contribution in [0.2, 0.25) is 0 Å². The minimum atomic E-state index is -1.49. The molecule has 0 radical (unpaired) electrons. The number of ether oxygens (including phenoxy) is 7. The Morgan fingerprint density at radius 2 is 1.55 bits per heavy atom. The van der Waals surface area contributed by atoms with Gasteiger partial charge in [0.1, 0.15) is 35.7 Å². The zero-order valence-electron chi connectivity index (χ0n) is 45.7. The molecule has 0 spiro atoms. The van der Waals surface area contributed by atoms with E-state index in [0.29, 0.717) is 63.4 Å². The molecule has 4 rings (SSSR count). The van der Waals surface area contributed by atoms with E-state index in [4.69, 9.17) is 33.2 Å². The lowest BCUT2D eigenvalue weighted by Crippen LogP contribution is -2.59. The van der Waals surface area contributed by atoms with Crippen LogP contribution in [0.15, 0.2) is 47.6 Å². The van der Waals surface area contributed by atoms with Gasteiger partial charge in [-0.25, -0.2) is 4.79 Å². The van der Waals surface area contributed by atoms with Crippen LogP contribution in [-0.2, 0) is 57.1 Å². The van der Waals surface area contributed by atoms with E-state index in [-0.39, 0.29) is 106 Å². The van der Waals surface area contributed by atoms with Crippen molar-refractivity contribution in [2.75, 3.05) is 60.4 Å². The molecule has 0 aromatic carbocycles. The first-order chi connectivity index (χ1) is 34.8. The Balaban J connectivity index is 1.71. The van der Waals surface area contributed by atoms with Crippen molar-refractivity contribution >= 4 is 29.2 Å². The fourth-order valence-corrected chi connectivity index (χ4v) is 11.1. The van der Waals surface area contributed by atoms with Crippen LogP contribution in [-0.4, -0.2) is 164 Å². The highest BCUT2D eigenvalue weighted by atomic mass is 16.6. The summed E-state index contributed by atoms with van der Waals surface area (Å²) in [5.41, 5.74) is -0.198. The first-order valence-electron chi connectivity index (χ1n) is 27.1. The molecule has 16 heteroatoms. The van der Waals surface area contributed by atoms with E-state index in [9.17, 15) is 39.3 Å². The van der Waals surface area contributed by atoms with Crippen molar-refractivity contribution in [2.24, 2.45) is 35.5 Å². The lowest BCUT2D eigenvalue weighted by Gasteiger charge is -2.44. The molecule has 1 saturated carbocycles. The fourth-order valence-electron chi connectivity index (χ4n) is 11.1. The molecule has 73 heavy (non-hydrogen) atoms. The van der Waals surface area contributed by atoms with Crippen LogP contribution in [0, 0.1) is 35.5 Å². The van der Waals surface area contributed by atoms with Gasteiger partial charge in [-0.2, -0.15) is 0 Å². The van der Waals surface area contributed by atoms with Crippen molar-refractivity contribution < 1.29 is 72.5 Å². The summed E-state index contributed by atoms with van der Waals surface area (Å²) < 4.78 is 42.2. The number of methoxy groups -OCH3 is 2. The number of aliphatic hydroxyl groups is 3. The Hall–Kier alpha value is -3.45. The van der Waals surface area contributed by atoms with E-state index >= 15 is 0 Å². The van der Waals surface area contributed by atoms with Gasteiger partial charge in [0.15, 0.2) is 5.78 Å². The van der Waals surface area contributed by atoms with Crippen LogP contribution in [0.4, 0.5) is 0 Å². The third-order valence-electron chi connectivity index (χ3n) is 15.8. The molecule has 0 aromatic rings. The highest BCUT2D eigenvalue weighted by Crippen LogP contribution is 2.39. The first-order valence-corrected chi connectivity index (χ1v) is 27.1. The normalized spacial score (nSPS) is 37.3. The Labute approximate surface area is 435 Å². The zero-order valence-corrected chi connectivity index (χ0v) is 45.7. The lowest BCUT2D eigenvalue weighted by atomic mass is 9.78. The maximum atomic E-state index is 14.7. The van der Waals surface area contributed by atoms with Crippen molar-refractivity contribution in [1.29, 1.82) is 0 Å². The van der Waals surface area contributed by atoms with Gasteiger partial charge in [-0.05, 0) is 120 Å².